The van der Waals surface area contributed by atoms with E-state index >= 15 is 0 Å². The van der Waals surface area contributed by atoms with Gasteiger partial charge in [-0.15, -0.1) is 0 Å². The molecule has 0 aliphatic carbocycles. The molecule has 2 amide bonds. The highest BCUT2D eigenvalue weighted by atomic mass is 32.2. The van der Waals surface area contributed by atoms with Crippen LogP contribution in [0.15, 0.2) is 53.5 Å². The van der Waals surface area contributed by atoms with Gasteiger partial charge in [-0.3, -0.25) is 9.59 Å². The Kier molecular flexibility index (Phi) is 5.81. The van der Waals surface area contributed by atoms with Crippen LogP contribution in [-0.2, 0) is 9.59 Å². The molecule has 3 rings (SSSR count). The van der Waals surface area contributed by atoms with Gasteiger partial charge in [0.25, 0.3) is 5.91 Å². The highest BCUT2D eigenvalue weighted by Gasteiger charge is 2.31. The highest BCUT2D eigenvalue weighted by molar-refractivity contribution is 8.16. The number of anilines is 2. The van der Waals surface area contributed by atoms with Gasteiger partial charge < -0.3 is 15.0 Å². The Labute approximate surface area is 162 Å². The van der Waals surface area contributed by atoms with Gasteiger partial charge in [0.2, 0.25) is 5.91 Å². The number of thioether (sulfide) groups is 1. The second kappa shape index (κ2) is 8.26. The smallest absolute Gasteiger partial charge is 0.260 e. The molecule has 0 aromatic heterocycles. The third-order valence-corrected chi connectivity index (χ3v) is 5.30. The Bertz CT molecular complexity index is 878. The number of hydrogen-bond donors (Lipinski definition) is 1. The van der Waals surface area contributed by atoms with E-state index < -0.39 is 5.25 Å². The Morgan fingerprint density at radius 3 is 2.63 bits per heavy atom. The minimum atomic E-state index is -0.501. The zero-order valence-corrected chi connectivity index (χ0v) is 16.2. The second-order valence-electron chi connectivity index (χ2n) is 6.29. The normalized spacial score (nSPS) is 16.0. The summed E-state index contributed by atoms with van der Waals surface area (Å²) in [5.74, 6) is 0.159. The molecule has 0 fully saturated rings. The molecule has 7 heteroatoms. The third-order valence-electron chi connectivity index (χ3n) is 4.10. The van der Waals surface area contributed by atoms with E-state index in [0.717, 1.165) is 11.3 Å². The molecule has 0 saturated heterocycles. The lowest BCUT2D eigenvalue weighted by molar-refractivity contribution is -0.121. The molecule has 0 spiro atoms. The maximum Gasteiger partial charge on any atom is 0.260 e. The Morgan fingerprint density at radius 2 is 1.96 bits per heavy atom. The van der Waals surface area contributed by atoms with Crippen LogP contribution in [0.1, 0.15) is 12.0 Å². The largest absolute Gasteiger partial charge is 0.497 e. The van der Waals surface area contributed by atoms with Crippen molar-refractivity contribution in [3.63, 3.8) is 0 Å². The minimum Gasteiger partial charge on any atom is -0.497 e. The maximum atomic E-state index is 12.3. The number of amides is 2. The van der Waals surface area contributed by atoms with Crippen molar-refractivity contribution in [1.82, 2.24) is 0 Å². The number of benzene rings is 2. The number of nitrogens with one attached hydrogen (secondary N) is 1. The SMILES string of the molecule is COc1cccc(NC(=O)C[C@@H]2SC(c3ccc(N(C)C)cc3)=NC2=O)c1. The average Bonchev–Trinajstić information content (AvgIpc) is 3.02. The quantitative estimate of drug-likeness (QED) is 0.830. The predicted octanol–water partition coefficient (Wildman–Crippen LogP) is 3.18. The topological polar surface area (TPSA) is 71.0 Å². The molecular formula is C20H21N3O3S. The Morgan fingerprint density at radius 1 is 1.22 bits per heavy atom. The monoisotopic (exact) mass is 383 g/mol. The molecule has 1 aliphatic rings. The van der Waals surface area contributed by atoms with Gasteiger partial charge in [0, 0.05) is 43.5 Å². The van der Waals surface area contributed by atoms with Crippen LogP contribution in [0.2, 0.25) is 0 Å². The van der Waals surface area contributed by atoms with Crippen LogP contribution in [0.4, 0.5) is 11.4 Å². The molecule has 140 valence electrons. The summed E-state index contributed by atoms with van der Waals surface area (Å²) >= 11 is 1.33. The van der Waals surface area contributed by atoms with Crippen LogP contribution < -0.4 is 15.0 Å². The first kappa shape index (κ1) is 19.0. The van der Waals surface area contributed by atoms with Crippen molar-refractivity contribution in [2.24, 2.45) is 4.99 Å². The van der Waals surface area contributed by atoms with E-state index in [1.807, 2.05) is 43.3 Å². The first-order valence-corrected chi connectivity index (χ1v) is 9.35. The highest BCUT2D eigenvalue weighted by Crippen LogP contribution is 2.30. The van der Waals surface area contributed by atoms with Crippen LogP contribution >= 0.6 is 11.8 Å². The predicted molar refractivity (Wildman–Crippen MR) is 110 cm³/mol. The van der Waals surface area contributed by atoms with Gasteiger partial charge in [-0.2, -0.15) is 0 Å². The molecule has 1 atom stereocenters. The van der Waals surface area contributed by atoms with Crippen LogP contribution in [-0.4, -0.2) is 43.3 Å². The lowest BCUT2D eigenvalue weighted by Gasteiger charge is -2.12. The minimum absolute atomic E-state index is 0.0729. The van der Waals surface area contributed by atoms with E-state index in [0.29, 0.717) is 16.5 Å². The standard InChI is InChI=1S/C20H21N3O3S/c1-23(2)15-9-7-13(8-10-15)20-22-19(25)17(27-20)12-18(24)21-14-5-4-6-16(11-14)26-3/h4-11,17H,12H2,1-3H3,(H,21,24)/t17-/m0/s1. The number of nitrogens with zero attached hydrogens (tertiary/aromatic N) is 2. The molecule has 0 radical (unpaired) electrons. The molecule has 2 aromatic rings. The van der Waals surface area contributed by atoms with Crippen LogP contribution in [0, 0.1) is 0 Å². The summed E-state index contributed by atoms with van der Waals surface area (Å²) in [5.41, 5.74) is 2.59. The fourth-order valence-corrected chi connectivity index (χ4v) is 3.70. The van der Waals surface area contributed by atoms with Crippen molar-refractivity contribution >= 4 is 40.0 Å². The number of methoxy groups -OCH3 is 1. The summed E-state index contributed by atoms with van der Waals surface area (Å²) in [7, 11) is 5.51. The van der Waals surface area contributed by atoms with Gasteiger partial charge in [-0.05, 0) is 24.3 Å². The maximum absolute atomic E-state index is 12.3. The molecule has 2 aromatic carbocycles. The van der Waals surface area contributed by atoms with Gasteiger partial charge in [-0.1, -0.05) is 30.0 Å². The number of aliphatic imine (C=N–C) groups is 1. The summed E-state index contributed by atoms with van der Waals surface area (Å²) in [6, 6.07) is 14.9. The van der Waals surface area contributed by atoms with Crippen LogP contribution in [0.3, 0.4) is 0 Å². The lowest BCUT2D eigenvalue weighted by atomic mass is 10.2. The zero-order valence-electron chi connectivity index (χ0n) is 15.4. The van der Waals surface area contributed by atoms with Gasteiger partial charge >= 0.3 is 0 Å². The van der Waals surface area contributed by atoms with Crippen molar-refractivity contribution in [3.05, 3.63) is 54.1 Å². The van der Waals surface area contributed by atoms with Crippen molar-refractivity contribution in [3.8, 4) is 5.75 Å². The Balaban J connectivity index is 1.61. The molecule has 27 heavy (non-hydrogen) atoms. The van der Waals surface area contributed by atoms with Crippen molar-refractivity contribution < 1.29 is 14.3 Å². The summed E-state index contributed by atoms with van der Waals surface area (Å²) in [6.07, 6.45) is 0.0729. The van der Waals surface area contributed by atoms with Crippen LogP contribution in [0.25, 0.3) is 0 Å². The van der Waals surface area contributed by atoms with E-state index in [1.165, 1.54) is 11.8 Å². The lowest BCUT2D eigenvalue weighted by Crippen LogP contribution is -2.21. The number of carbonyl (C=O) groups excluding carboxylic acids is 2. The summed E-state index contributed by atoms with van der Waals surface area (Å²) in [4.78, 5) is 30.6. The van der Waals surface area contributed by atoms with E-state index in [2.05, 4.69) is 10.3 Å². The molecule has 0 unspecified atom stereocenters. The van der Waals surface area contributed by atoms with Crippen molar-refractivity contribution in [1.29, 1.82) is 0 Å². The van der Waals surface area contributed by atoms with E-state index in [9.17, 15) is 9.59 Å². The van der Waals surface area contributed by atoms with Gasteiger partial charge in [-0.25, -0.2) is 4.99 Å². The molecule has 1 N–H and O–H groups in total. The summed E-state index contributed by atoms with van der Waals surface area (Å²) in [6.45, 7) is 0. The van der Waals surface area contributed by atoms with Gasteiger partial charge in [0.05, 0.1) is 7.11 Å². The summed E-state index contributed by atoms with van der Waals surface area (Å²) in [5, 5.41) is 2.95. The number of rotatable bonds is 6. The van der Waals surface area contributed by atoms with Gasteiger partial charge in [0.15, 0.2) is 0 Å². The fourth-order valence-electron chi connectivity index (χ4n) is 2.63. The number of ether oxygens (including phenoxy) is 1. The van der Waals surface area contributed by atoms with Crippen LogP contribution in [0.5, 0.6) is 5.75 Å². The average molecular weight is 383 g/mol. The number of hydrogen-bond acceptors (Lipinski definition) is 5. The fraction of sp³-hybridized carbons (Fsp3) is 0.250. The molecule has 6 nitrogen and oxygen atoms in total. The first-order valence-electron chi connectivity index (χ1n) is 8.47. The molecule has 1 aliphatic heterocycles. The van der Waals surface area contributed by atoms with E-state index in [4.69, 9.17) is 4.74 Å². The second-order valence-corrected chi connectivity index (χ2v) is 7.48. The van der Waals surface area contributed by atoms with Crippen molar-refractivity contribution in [2.75, 3.05) is 31.4 Å². The van der Waals surface area contributed by atoms with E-state index in [1.54, 1.807) is 31.4 Å². The molecule has 0 saturated carbocycles. The molecule has 1 heterocycles. The first-order chi connectivity index (χ1) is 13.0. The third kappa shape index (κ3) is 4.68. The molecular weight excluding hydrogens is 362 g/mol. The zero-order chi connectivity index (χ0) is 19.4. The molecule has 0 bridgehead atoms. The van der Waals surface area contributed by atoms with Crippen molar-refractivity contribution in [2.45, 2.75) is 11.7 Å². The van der Waals surface area contributed by atoms with E-state index in [-0.39, 0.29) is 18.2 Å². The Hall–Kier alpha value is -2.80. The van der Waals surface area contributed by atoms with Gasteiger partial charge in [0.1, 0.15) is 16.0 Å². The number of carbonyl (C=O) groups is 2. The summed E-state index contributed by atoms with van der Waals surface area (Å²) < 4.78 is 5.14.